The average Bonchev–Trinajstić information content (AvgIpc) is 2.93. The first kappa shape index (κ1) is 15.4. The number of carbonyl (C=O) groups is 2. The minimum Gasteiger partial charge on any atom is -0.469 e. The number of carbonyl (C=O) groups excluding carboxylic acids is 2. The highest BCUT2D eigenvalue weighted by molar-refractivity contribution is 7.99. The predicted octanol–water partition coefficient (Wildman–Crippen LogP) is 2.18. The molecule has 0 radical (unpaired) electrons. The fraction of sp³-hybridized carbons (Fsp3) is 0.571. The fourth-order valence-electron chi connectivity index (χ4n) is 2.14. The molecule has 0 fully saturated rings. The van der Waals surface area contributed by atoms with E-state index in [0.29, 0.717) is 11.5 Å². The SMILES string of the molecule is COC(=O)C(C)CSCC(=O)N1CCc2sccc2C1. The lowest BCUT2D eigenvalue weighted by Gasteiger charge is -2.27. The van der Waals surface area contributed by atoms with E-state index in [-0.39, 0.29) is 17.8 Å². The largest absolute Gasteiger partial charge is 0.469 e. The van der Waals surface area contributed by atoms with Crippen molar-refractivity contribution in [2.45, 2.75) is 19.9 Å². The molecule has 1 unspecified atom stereocenters. The molecule has 1 aromatic heterocycles. The van der Waals surface area contributed by atoms with Crippen LogP contribution in [0.15, 0.2) is 11.4 Å². The van der Waals surface area contributed by atoms with Crippen LogP contribution in [-0.4, -0.2) is 41.9 Å². The summed E-state index contributed by atoms with van der Waals surface area (Å²) in [4.78, 5) is 26.7. The van der Waals surface area contributed by atoms with Crippen molar-refractivity contribution >= 4 is 35.0 Å². The van der Waals surface area contributed by atoms with Crippen molar-refractivity contribution < 1.29 is 14.3 Å². The van der Waals surface area contributed by atoms with Crippen molar-refractivity contribution in [3.05, 3.63) is 21.9 Å². The summed E-state index contributed by atoms with van der Waals surface area (Å²) in [6, 6.07) is 2.10. The van der Waals surface area contributed by atoms with Crippen molar-refractivity contribution in [3.63, 3.8) is 0 Å². The van der Waals surface area contributed by atoms with Crippen LogP contribution in [0.4, 0.5) is 0 Å². The van der Waals surface area contributed by atoms with Gasteiger partial charge in [0, 0.05) is 23.7 Å². The van der Waals surface area contributed by atoms with Gasteiger partial charge in [-0.15, -0.1) is 11.3 Å². The molecule has 1 aliphatic heterocycles. The molecule has 2 rings (SSSR count). The number of hydrogen-bond donors (Lipinski definition) is 0. The topological polar surface area (TPSA) is 46.6 Å². The van der Waals surface area contributed by atoms with Gasteiger partial charge < -0.3 is 9.64 Å². The Kier molecular flexibility index (Phi) is 5.48. The van der Waals surface area contributed by atoms with Gasteiger partial charge in [0.15, 0.2) is 0 Å². The lowest BCUT2D eigenvalue weighted by atomic mass is 10.1. The van der Waals surface area contributed by atoms with Gasteiger partial charge in [-0.2, -0.15) is 11.8 Å². The van der Waals surface area contributed by atoms with Crippen LogP contribution in [0.5, 0.6) is 0 Å². The Labute approximate surface area is 127 Å². The third kappa shape index (κ3) is 3.76. The minimum atomic E-state index is -0.217. The molecule has 1 atom stereocenters. The molecule has 6 heteroatoms. The zero-order valence-electron chi connectivity index (χ0n) is 11.8. The third-order valence-corrected chi connectivity index (χ3v) is 5.57. The van der Waals surface area contributed by atoms with Gasteiger partial charge >= 0.3 is 5.97 Å². The van der Waals surface area contributed by atoms with E-state index in [1.165, 1.54) is 29.3 Å². The summed E-state index contributed by atoms with van der Waals surface area (Å²) in [6.45, 7) is 3.35. The smallest absolute Gasteiger partial charge is 0.309 e. The van der Waals surface area contributed by atoms with Crippen LogP contribution >= 0.6 is 23.1 Å². The maximum absolute atomic E-state index is 12.1. The number of amides is 1. The average molecular weight is 313 g/mol. The second-order valence-electron chi connectivity index (χ2n) is 4.87. The first-order chi connectivity index (χ1) is 9.61. The zero-order valence-corrected chi connectivity index (χ0v) is 13.4. The number of ether oxygens (including phenoxy) is 1. The number of fused-ring (bicyclic) bond motifs is 1. The Morgan fingerprint density at radius 2 is 2.35 bits per heavy atom. The zero-order chi connectivity index (χ0) is 14.5. The van der Waals surface area contributed by atoms with Gasteiger partial charge in [-0.1, -0.05) is 6.92 Å². The molecule has 0 saturated heterocycles. The van der Waals surface area contributed by atoms with E-state index < -0.39 is 0 Å². The monoisotopic (exact) mass is 313 g/mol. The highest BCUT2D eigenvalue weighted by Gasteiger charge is 2.22. The van der Waals surface area contributed by atoms with Crippen LogP contribution in [0.25, 0.3) is 0 Å². The van der Waals surface area contributed by atoms with Gasteiger partial charge in [0.25, 0.3) is 0 Å². The quantitative estimate of drug-likeness (QED) is 0.782. The van der Waals surface area contributed by atoms with Crippen LogP contribution in [0.3, 0.4) is 0 Å². The van der Waals surface area contributed by atoms with Crippen LogP contribution in [0, 0.1) is 5.92 Å². The number of methoxy groups -OCH3 is 1. The lowest BCUT2D eigenvalue weighted by Crippen LogP contribution is -2.36. The molecule has 1 amide bonds. The molecule has 0 spiro atoms. The Morgan fingerprint density at radius 1 is 1.55 bits per heavy atom. The van der Waals surface area contributed by atoms with E-state index in [0.717, 1.165) is 19.5 Å². The molecule has 0 aromatic carbocycles. The maximum atomic E-state index is 12.1. The molecular weight excluding hydrogens is 294 g/mol. The summed E-state index contributed by atoms with van der Waals surface area (Å²) in [7, 11) is 1.39. The number of thiophene rings is 1. The molecule has 0 N–H and O–H groups in total. The highest BCUT2D eigenvalue weighted by atomic mass is 32.2. The summed E-state index contributed by atoms with van der Waals surface area (Å²) < 4.78 is 4.67. The number of thioether (sulfide) groups is 1. The van der Waals surface area contributed by atoms with Crippen molar-refractivity contribution in [1.82, 2.24) is 4.90 Å². The van der Waals surface area contributed by atoms with E-state index in [1.807, 2.05) is 11.8 Å². The minimum absolute atomic E-state index is 0.156. The summed E-state index contributed by atoms with van der Waals surface area (Å²) in [6.07, 6.45) is 0.960. The number of hydrogen-bond acceptors (Lipinski definition) is 5. The normalized spacial score (nSPS) is 15.6. The number of esters is 1. The Morgan fingerprint density at radius 3 is 3.10 bits per heavy atom. The lowest BCUT2D eigenvalue weighted by molar-refractivity contribution is -0.144. The van der Waals surface area contributed by atoms with Crippen molar-refractivity contribution in [1.29, 1.82) is 0 Å². The molecule has 0 bridgehead atoms. The van der Waals surface area contributed by atoms with Crippen LogP contribution < -0.4 is 0 Å². The second kappa shape index (κ2) is 7.13. The van der Waals surface area contributed by atoms with Crippen molar-refractivity contribution in [3.8, 4) is 0 Å². The molecule has 1 aromatic rings. The first-order valence-electron chi connectivity index (χ1n) is 6.60. The highest BCUT2D eigenvalue weighted by Crippen LogP contribution is 2.24. The Bertz CT molecular complexity index is 487. The molecule has 20 heavy (non-hydrogen) atoms. The van der Waals surface area contributed by atoms with Gasteiger partial charge in [-0.3, -0.25) is 9.59 Å². The Hall–Kier alpha value is -1.01. The van der Waals surface area contributed by atoms with Crippen LogP contribution in [0.2, 0.25) is 0 Å². The Balaban J connectivity index is 1.75. The summed E-state index contributed by atoms with van der Waals surface area (Å²) in [5.41, 5.74) is 1.28. The maximum Gasteiger partial charge on any atom is 0.309 e. The number of rotatable bonds is 5. The molecule has 2 heterocycles. The van der Waals surface area contributed by atoms with Gasteiger partial charge in [0.05, 0.1) is 18.8 Å². The summed E-state index contributed by atoms with van der Waals surface area (Å²) in [5.74, 6) is 0.828. The van der Waals surface area contributed by atoms with Gasteiger partial charge in [-0.25, -0.2) is 0 Å². The predicted molar refractivity (Wildman–Crippen MR) is 81.9 cm³/mol. The van der Waals surface area contributed by atoms with Crippen molar-refractivity contribution in [2.75, 3.05) is 25.2 Å². The third-order valence-electron chi connectivity index (χ3n) is 3.36. The number of nitrogens with zero attached hydrogens (tertiary/aromatic N) is 1. The summed E-state index contributed by atoms with van der Waals surface area (Å²) in [5, 5.41) is 2.09. The van der Waals surface area contributed by atoms with Gasteiger partial charge in [0.2, 0.25) is 5.91 Å². The molecule has 4 nitrogen and oxygen atoms in total. The van der Waals surface area contributed by atoms with E-state index in [2.05, 4.69) is 16.2 Å². The van der Waals surface area contributed by atoms with Gasteiger partial charge in [0.1, 0.15) is 0 Å². The second-order valence-corrected chi connectivity index (χ2v) is 6.90. The molecular formula is C14H19NO3S2. The van der Waals surface area contributed by atoms with Crippen LogP contribution in [0.1, 0.15) is 17.4 Å². The fourth-order valence-corrected chi connectivity index (χ4v) is 4.00. The molecule has 1 aliphatic rings. The van der Waals surface area contributed by atoms with Crippen LogP contribution in [-0.2, 0) is 27.3 Å². The summed E-state index contributed by atoms with van der Waals surface area (Å²) >= 11 is 3.27. The van der Waals surface area contributed by atoms with E-state index in [9.17, 15) is 9.59 Å². The van der Waals surface area contributed by atoms with E-state index >= 15 is 0 Å². The van der Waals surface area contributed by atoms with Gasteiger partial charge in [-0.05, 0) is 23.4 Å². The first-order valence-corrected chi connectivity index (χ1v) is 8.64. The molecule has 0 saturated carbocycles. The molecule has 0 aliphatic carbocycles. The van der Waals surface area contributed by atoms with E-state index in [1.54, 1.807) is 11.3 Å². The standard InChI is InChI=1S/C14H19NO3S2/c1-10(14(17)18-2)8-19-9-13(16)15-5-3-12-11(7-15)4-6-20-12/h4,6,10H,3,5,7-9H2,1-2H3. The van der Waals surface area contributed by atoms with Crippen molar-refractivity contribution in [2.24, 2.45) is 5.92 Å². The van der Waals surface area contributed by atoms with E-state index in [4.69, 9.17) is 0 Å². The molecule has 110 valence electrons.